The van der Waals surface area contributed by atoms with Crippen LogP contribution in [0.4, 0.5) is 4.39 Å². The highest BCUT2D eigenvalue weighted by molar-refractivity contribution is 6.31. The fraction of sp³-hybridized carbons (Fsp3) is 0.600. The molecular weight excluding hydrogens is 249 g/mol. The fourth-order valence-electron chi connectivity index (χ4n) is 3.03. The second-order valence-corrected chi connectivity index (χ2v) is 5.81. The molecule has 1 N–H and O–H groups in total. The summed E-state index contributed by atoms with van der Waals surface area (Å²) in [5.41, 5.74) is 0.902. The van der Waals surface area contributed by atoms with Crippen molar-refractivity contribution in [2.24, 2.45) is 11.8 Å². The van der Waals surface area contributed by atoms with Gasteiger partial charge in [0.1, 0.15) is 5.82 Å². The highest BCUT2D eigenvalue weighted by Crippen LogP contribution is 2.39. The third-order valence-electron chi connectivity index (χ3n) is 4.16. The minimum atomic E-state index is -0.321. The number of hydrogen-bond acceptors (Lipinski definition) is 1. The predicted molar refractivity (Wildman–Crippen MR) is 74.3 cm³/mol. The van der Waals surface area contributed by atoms with E-state index in [1.165, 1.54) is 31.7 Å². The molecule has 1 unspecified atom stereocenters. The largest absolute Gasteiger partial charge is 0.313 e. The lowest BCUT2D eigenvalue weighted by molar-refractivity contribution is 0.238. The minimum absolute atomic E-state index is 0.167. The van der Waals surface area contributed by atoms with Gasteiger partial charge in [-0.3, -0.25) is 0 Å². The summed E-state index contributed by atoms with van der Waals surface area (Å²) in [6.07, 6.45) is 4.91. The first-order chi connectivity index (χ1) is 8.63. The molecule has 100 valence electrons. The molecule has 1 nitrogen and oxygen atoms in total. The highest BCUT2D eigenvalue weighted by Gasteiger charge is 2.28. The summed E-state index contributed by atoms with van der Waals surface area (Å²) >= 11 is 6.10. The maximum absolute atomic E-state index is 13.5. The quantitative estimate of drug-likeness (QED) is 0.848. The molecule has 1 fully saturated rings. The van der Waals surface area contributed by atoms with Crippen molar-refractivity contribution in [2.45, 2.75) is 38.6 Å². The van der Waals surface area contributed by atoms with Crippen LogP contribution in [0.1, 0.15) is 44.2 Å². The summed E-state index contributed by atoms with van der Waals surface area (Å²) in [6, 6.07) is 5.26. The predicted octanol–water partition coefficient (Wildman–Crippen LogP) is 4.57. The molecular formula is C15H21ClFN. The van der Waals surface area contributed by atoms with E-state index in [-0.39, 0.29) is 16.9 Å². The Kier molecular flexibility index (Phi) is 4.63. The summed E-state index contributed by atoms with van der Waals surface area (Å²) in [5, 5.41) is 3.59. The zero-order valence-corrected chi connectivity index (χ0v) is 11.8. The van der Waals surface area contributed by atoms with Crippen LogP contribution in [-0.2, 0) is 0 Å². The molecule has 1 aliphatic carbocycles. The van der Waals surface area contributed by atoms with E-state index < -0.39 is 0 Å². The summed E-state index contributed by atoms with van der Waals surface area (Å²) in [5.74, 6) is 1.06. The van der Waals surface area contributed by atoms with Crippen molar-refractivity contribution in [3.05, 3.63) is 34.6 Å². The molecule has 1 aliphatic rings. The van der Waals surface area contributed by atoms with Crippen molar-refractivity contribution in [1.82, 2.24) is 5.32 Å². The lowest BCUT2D eigenvalue weighted by Gasteiger charge is -2.33. The topological polar surface area (TPSA) is 12.0 Å². The van der Waals surface area contributed by atoms with Crippen LogP contribution in [0.5, 0.6) is 0 Å². The van der Waals surface area contributed by atoms with Crippen molar-refractivity contribution >= 4 is 11.6 Å². The molecule has 0 heterocycles. The maximum atomic E-state index is 13.5. The monoisotopic (exact) mass is 269 g/mol. The molecule has 0 amide bonds. The van der Waals surface area contributed by atoms with E-state index in [0.717, 1.165) is 11.5 Å². The van der Waals surface area contributed by atoms with Crippen LogP contribution in [0, 0.1) is 17.7 Å². The molecule has 0 bridgehead atoms. The zero-order chi connectivity index (χ0) is 13.1. The zero-order valence-electron chi connectivity index (χ0n) is 11.0. The van der Waals surface area contributed by atoms with Crippen molar-refractivity contribution < 1.29 is 4.39 Å². The van der Waals surface area contributed by atoms with E-state index >= 15 is 0 Å². The lowest BCUT2D eigenvalue weighted by Crippen LogP contribution is -2.28. The van der Waals surface area contributed by atoms with Crippen LogP contribution in [0.15, 0.2) is 18.2 Å². The first kappa shape index (κ1) is 13.8. The van der Waals surface area contributed by atoms with E-state index in [9.17, 15) is 4.39 Å². The highest BCUT2D eigenvalue weighted by atomic mass is 35.5. The molecule has 1 atom stereocenters. The van der Waals surface area contributed by atoms with Crippen molar-refractivity contribution in [3.63, 3.8) is 0 Å². The van der Waals surface area contributed by atoms with E-state index in [1.807, 2.05) is 13.1 Å². The van der Waals surface area contributed by atoms with Gasteiger partial charge < -0.3 is 5.32 Å². The van der Waals surface area contributed by atoms with Gasteiger partial charge in [-0.15, -0.1) is 0 Å². The Morgan fingerprint density at radius 3 is 2.56 bits per heavy atom. The normalized spacial score (nSPS) is 26.0. The molecule has 1 aromatic carbocycles. The average Bonchev–Trinajstić information content (AvgIpc) is 2.37. The van der Waals surface area contributed by atoms with Crippen molar-refractivity contribution in [3.8, 4) is 0 Å². The molecule has 0 radical (unpaired) electrons. The van der Waals surface area contributed by atoms with Gasteiger partial charge in [0.15, 0.2) is 0 Å². The van der Waals surface area contributed by atoms with Gasteiger partial charge in [-0.2, -0.15) is 0 Å². The average molecular weight is 270 g/mol. The van der Waals surface area contributed by atoms with E-state index in [1.54, 1.807) is 6.07 Å². The Morgan fingerprint density at radius 2 is 1.94 bits per heavy atom. The Balaban J connectivity index is 2.20. The number of rotatable bonds is 3. The van der Waals surface area contributed by atoms with Gasteiger partial charge in [0.25, 0.3) is 0 Å². The lowest BCUT2D eigenvalue weighted by atomic mass is 9.77. The summed E-state index contributed by atoms with van der Waals surface area (Å²) in [6.45, 7) is 2.31. The summed E-state index contributed by atoms with van der Waals surface area (Å²) in [7, 11) is 1.93. The first-order valence-corrected chi connectivity index (χ1v) is 7.12. The number of halogens is 2. The van der Waals surface area contributed by atoms with Crippen LogP contribution >= 0.6 is 11.6 Å². The number of hydrogen-bond donors (Lipinski definition) is 1. The van der Waals surface area contributed by atoms with Gasteiger partial charge in [-0.25, -0.2) is 4.39 Å². The molecule has 18 heavy (non-hydrogen) atoms. The fourth-order valence-corrected chi connectivity index (χ4v) is 3.27. The molecule has 0 spiro atoms. The van der Waals surface area contributed by atoms with Gasteiger partial charge >= 0.3 is 0 Å². The molecule has 0 saturated heterocycles. The van der Waals surface area contributed by atoms with Gasteiger partial charge in [0, 0.05) is 6.04 Å². The van der Waals surface area contributed by atoms with Crippen LogP contribution in [0.2, 0.25) is 5.02 Å². The number of benzene rings is 1. The molecule has 1 aromatic rings. The molecule has 0 aromatic heterocycles. The van der Waals surface area contributed by atoms with Gasteiger partial charge in [0.2, 0.25) is 0 Å². The first-order valence-electron chi connectivity index (χ1n) is 6.74. The van der Waals surface area contributed by atoms with Crippen molar-refractivity contribution in [2.75, 3.05) is 7.05 Å². The summed E-state index contributed by atoms with van der Waals surface area (Å²) < 4.78 is 13.5. The third kappa shape index (κ3) is 2.86. The second kappa shape index (κ2) is 6.03. The Bertz CT molecular complexity index is 399. The molecule has 3 heteroatoms. The van der Waals surface area contributed by atoms with Gasteiger partial charge in [-0.1, -0.05) is 43.5 Å². The SMILES string of the molecule is CNC(c1cccc(F)c1Cl)C1CCC(C)CC1. The van der Waals surface area contributed by atoms with Gasteiger partial charge in [-0.05, 0) is 43.4 Å². The molecule has 2 rings (SSSR count). The van der Waals surface area contributed by atoms with Crippen LogP contribution in [0.3, 0.4) is 0 Å². The standard InChI is InChI=1S/C15H21ClFN/c1-10-6-8-11(9-7-10)15(18-2)12-4-3-5-13(17)14(12)16/h3-5,10-11,15,18H,6-9H2,1-2H3. The van der Waals surface area contributed by atoms with Crippen LogP contribution in [-0.4, -0.2) is 7.05 Å². The Hall–Kier alpha value is -0.600. The Labute approximate surface area is 114 Å². The van der Waals surface area contributed by atoms with E-state index in [2.05, 4.69) is 12.2 Å². The van der Waals surface area contributed by atoms with E-state index in [0.29, 0.717) is 5.92 Å². The van der Waals surface area contributed by atoms with Gasteiger partial charge in [0.05, 0.1) is 5.02 Å². The number of nitrogens with one attached hydrogen (secondary N) is 1. The third-order valence-corrected chi connectivity index (χ3v) is 4.56. The maximum Gasteiger partial charge on any atom is 0.142 e. The van der Waals surface area contributed by atoms with Crippen LogP contribution in [0.25, 0.3) is 0 Å². The minimum Gasteiger partial charge on any atom is -0.313 e. The smallest absolute Gasteiger partial charge is 0.142 e. The van der Waals surface area contributed by atoms with Crippen molar-refractivity contribution in [1.29, 1.82) is 0 Å². The Morgan fingerprint density at radius 1 is 1.28 bits per heavy atom. The summed E-state index contributed by atoms with van der Waals surface area (Å²) in [4.78, 5) is 0. The van der Waals surface area contributed by atoms with Crippen LogP contribution < -0.4 is 5.32 Å². The second-order valence-electron chi connectivity index (χ2n) is 5.43. The molecule has 1 saturated carbocycles. The molecule has 0 aliphatic heterocycles. The van der Waals surface area contributed by atoms with E-state index in [4.69, 9.17) is 11.6 Å².